The van der Waals surface area contributed by atoms with Gasteiger partial charge in [-0.15, -0.1) is 11.8 Å². The van der Waals surface area contributed by atoms with Gasteiger partial charge in [0, 0.05) is 30.2 Å². The Morgan fingerprint density at radius 1 is 1.36 bits per heavy atom. The summed E-state index contributed by atoms with van der Waals surface area (Å²) in [6, 6.07) is 9.88. The average molecular weight is 422 g/mol. The Hall–Kier alpha value is -1.80. The standard InChI is InChI=1S/C20H27N3O3S2/c1-3-16(2)23(19-9-12-28(25,26)15-19)20(24)14-27-13-17-5-7-18(8-6-17)22-11-4-10-21-22/h4-8,10-11,16,19H,3,9,12-15H2,1-2H3/t16-,19+/m0/s1. The summed E-state index contributed by atoms with van der Waals surface area (Å²) in [6.45, 7) is 4.03. The van der Waals surface area contributed by atoms with E-state index in [-0.39, 0.29) is 29.5 Å². The first-order chi connectivity index (χ1) is 13.4. The van der Waals surface area contributed by atoms with Gasteiger partial charge in [0.2, 0.25) is 5.91 Å². The largest absolute Gasteiger partial charge is 0.335 e. The number of carbonyl (C=O) groups excluding carboxylic acids is 1. The molecule has 3 rings (SSSR count). The predicted octanol–water partition coefficient (Wildman–Crippen LogP) is 2.92. The number of sulfone groups is 1. The highest BCUT2D eigenvalue weighted by Crippen LogP contribution is 2.23. The highest BCUT2D eigenvalue weighted by Gasteiger charge is 2.36. The fourth-order valence-corrected chi connectivity index (χ4v) is 6.06. The van der Waals surface area contributed by atoms with Crippen LogP contribution in [0.25, 0.3) is 5.69 Å². The summed E-state index contributed by atoms with van der Waals surface area (Å²) in [6.07, 6.45) is 5.02. The number of amides is 1. The second-order valence-corrected chi connectivity index (χ2v) is 10.4. The molecule has 0 bridgehead atoms. The monoisotopic (exact) mass is 421 g/mol. The van der Waals surface area contributed by atoms with Crippen LogP contribution in [0, 0.1) is 0 Å². The molecule has 1 saturated heterocycles. The molecule has 0 radical (unpaired) electrons. The smallest absolute Gasteiger partial charge is 0.233 e. The number of thioether (sulfide) groups is 1. The Morgan fingerprint density at radius 3 is 2.68 bits per heavy atom. The normalized spacial score (nSPS) is 19.4. The summed E-state index contributed by atoms with van der Waals surface area (Å²) in [7, 11) is -3.01. The van der Waals surface area contributed by atoms with Gasteiger partial charge < -0.3 is 4.90 Å². The molecule has 0 saturated carbocycles. The number of nitrogens with zero attached hydrogens (tertiary/aromatic N) is 3. The average Bonchev–Trinajstić information content (AvgIpc) is 3.32. The number of carbonyl (C=O) groups is 1. The summed E-state index contributed by atoms with van der Waals surface area (Å²) in [5.74, 6) is 1.43. The lowest BCUT2D eigenvalue weighted by molar-refractivity contribution is -0.132. The molecule has 1 aliphatic rings. The molecule has 1 aromatic carbocycles. The van der Waals surface area contributed by atoms with Gasteiger partial charge in [-0.2, -0.15) is 5.10 Å². The van der Waals surface area contributed by atoms with Crippen LogP contribution in [0.3, 0.4) is 0 Å². The highest BCUT2D eigenvalue weighted by molar-refractivity contribution is 7.99. The van der Waals surface area contributed by atoms with Gasteiger partial charge in [0.05, 0.1) is 22.9 Å². The topological polar surface area (TPSA) is 72.3 Å². The summed E-state index contributed by atoms with van der Waals surface area (Å²) in [5, 5.41) is 4.21. The van der Waals surface area contributed by atoms with Gasteiger partial charge >= 0.3 is 0 Å². The molecule has 0 spiro atoms. The van der Waals surface area contributed by atoms with E-state index in [1.54, 1.807) is 22.6 Å². The quantitative estimate of drug-likeness (QED) is 0.655. The molecule has 0 aliphatic carbocycles. The zero-order valence-electron chi connectivity index (χ0n) is 16.3. The van der Waals surface area contributed by atoms with Crippen LogP contribution < -0.4 is 0 Å². The third-order valence-electron chi connectivity index (χ3n) is 5.16. The minimum Gasteiger partial charge on any atom is -0.335 e. The van der Waals surface area contributed by atoms with E-state index in [1.165, 1.54) is 0 Å². The van der Waals surface area contributed by atoms with Gasteiger partial charge in [-0.3, -0.25) is 4.79 Å². The van der Waals surface area contributed by atoms with Crippen LogP contribution in [0.1, 0.15) is 32.3 Å². The molecule has 8 heteroatoms. The van der Waals surface area contributed by atoms with Crippen LogP contribution in [0.4, 0.5) is 0 Å². The van der Waals surface area contributed by atoms with E-state index in [0.717, 1.165) is 23.4 Å². The number of rotatable bonds is 8. The van der Waals surface area contributed by atoms with Gasteiger partial charge in [-0.25, -0.2) is 13.1 Å². The van der Waals surface area contributed by atoms with Crippen LogP contribution >= 0.6 is 11.8 Å². The lowest BCUT2D eigenvalue weighted by Gasteiger charge is -2.33. The first kappa shape index (κ1) is 20.9. The zero-order chi connectivity index (χ0) is 20.1. The Balaban J connectivity index is 1.55. The molecule has 2 aromatic rings. The molecule has 0 unspecified atom stereocenters. The second kappa shape index (κ2) is 9.13. The lowest BCUT2D eigenvalue weighted by Crippen LogP contribution is -2.47. The Bertz CT molecular complexity index is 880. The van der Waals surface area contributed by atoms with E-state index in [0.29, 0.717) is 12.2 Å². The third-order valence-corrected chi connectivity index (χ3v) is 7.89. The van der Waals surface area contributed by atoms with Crippen LogP contribution in [0.15, 0.2) is 42.7 Å². The molecule has 1 amide bonds. The summed E-state index contributed by atoms with van der Waals surface area (Å²) in [5.41, 5.74) is 2.15. The van der Waals surface area contributed by atoms with Crippen LogP contribution in [0.2, 0.25) is 0 Å². The molecule has 2 atom stereocenters. The van der Waals surface area contributed by atoms with E-state index in [2.05, 4.69) is 5.10 Å². The third kappa shape index (κ3) is 5.17. The van der Waals surface area contributed by atoms with Crippen molar-refractivity contribution >= 4 is 27.5 Å². The molecule has 1 aliphatic heterocycles. The molecule has 1 aromatic heterocycles. The first-order valence-electron chi connectivity index (χ1n) is 9.58. The van der Waals surface area contributed by atoms with Crippen LogP contribution in [-0.2, 0) is 20.4 Å². The number of hydrogen-bond acceptors (Lipinski definition) is 5. The van der Waals surface area contributed by atoms with Gasteiger partial charge in [0.25, 0.3) is 0 Å². The summed E-state index contributed by atoms with van der Waals surface area (Å²) in [4.78, 5) is 14.7. The zero-order valence-corrected chi connectivity index (χ0v) is 18.0. The van der Waals surface area contributed by atoms with E-state index in [9.17, 15) is 13.2 Å². The van der Waals surface area contributed by atoms with Crippen molar-refractivity contribution in [2.45, 2.75) is 44.5 Å². The van der Waals surface area contributed by atoms with E-state index < -0.39 is 9.84 Å². The predicted molar refractivity (Wildman–Crippen MR) is 113 cm³/mol. The fraction of sp³-hybridized carbons (Fsp3) is 0.500. The van der Waals surface area contributed by atoms with Crippen LogP contribution in [0.5, 0.6) is 0 Å². The summed E-state index contributed by atoms with van der Waals surface area (Å²) < 4.78 is 25.5. The maximum atomic E-state index is 12.8. The van der Waals surface area contributed by atoms with Gasteiger partial charge in [-0.1, -0.05) is 19.1 Å². The van der Waals surface area contributed by atoms with Crippen molar-refractivity contribution in [3.63, 3.8) is 0 Å². The van der Waals surface area contributed by atoms with Crippen molar-refractivity contribution < 1.29 is 13.2 Å². The van der Waals surface area contributed by atoms with E-state index >= 15 is 0 Å². The fourth-order valence-electron chi connectivity index (χ4n) is 3.50. The van der Waals surface area contributed by atoms with E-state index in [4.69, 9.17) is 0 Å². The number of aromatic nitrogens is 2. The minimum atomic E-state index is -3.01. The maximum absolute atomic E-state index is 12.8. The van der Waals surface area contributed by atoms with Crippen molar-refractivity contribution in [2.24, 2.45) is 0 Å². The summed E-state index contributed by atoms with van der Waals surface area (Å²) >= 11 is 1.57. The lowest BCUT2D eigenvalue weighted by atomic mass is 10.1. The molecule has 28 heavy (non-hydrogen) atoms. The number of benzene rings is 1. The van der Waals surface area contributed by atoms with Crippen molar-refractivity contribution in [3.8, 4) is 5.69 Å². The van der Waals surface area contributed by atoms with Crippen LogP contribution in [-0.4, -0.2) is 58.3 Å². The molecular weight excluding hydrogens is 394 g/mol. The first-order valence-corrected chi connectivity index (χ1v) is 12.6. The molecule has 2 heterocycles. The SMILES string of the molecule is CC[C@H](C)N(C(=O)CSCc1ccc(-n2cccn2)cc1)[C@@H]1CCS(=O)(=O)C1. The van der Waals surface area contributed by atoms with Gasteiger partial charge in [0.15, 0.2) is 9.84 Å². The molecule has 1 fully saturated rings. The van der Waals surface area contributed by atoms with Crippen molar-refractivity contribution in [1.29, 1.82) is 0 Å². The Kier molecular flexibility index (Phi) is 6.82. The van der Waals surface area contributed by atoms with Gasteiger partial charge in [-0.05, 0) is 43.5 Å². The molecule has 0 N–H and O–H groups in total. The van der Waals surface area contributed by atoms with Crippen molar-refractivity contribution in [3.05, 3.63) is 48.3 Å². The number of hydrogen-bond donors (Lipinski definition) is 0. The Labute approximate surface area is 171 Å². The van der Waals surface area contributed by atoms with Crippen molar-refractivity contribution in [2.75, 3.05) is 17.3 Å². The van der Waals surface area contributed by atoms with Gasteiger partial charge in [0.1, 0.15) is 0 Å². The maximum Gasteiger partial charge on any atom is 0.233 e. The molecule has 152 valence electrons. The van der Waals surface area contributed by atoms with E-state index in [1.807, 2.05) is 55.3 Å². The highest BCUT2D eigenvalue weighted by atomic mass is 32.2. The second-order valence-electron chi connectivity index (χ2n) is 7.23. The van der Waals surface area contributed by atoms with Crippen molar-refractivity contribution in [1.82, 2.24) is 14.7 Å². The molecule has 6 nitrogen and oxygen atoms in total. The minimum absolute atomic E-state index is 0.0367. The Morgan fingerprint density at radius 2 is 2.11 bits per heavy atom. The molecular formula is C20H27N3O3S2.